The molecular weight excluding hydrogens is 340 g/mol. The first-order valence-corrected chi connectivity index (χ1v) is 9.10. The Bertz CT molecular complexity index is 771. The summed E-state index contributed by atoms with van der Waals surface area (Å²) in [4.78, 5) is 40.5. The number of carbonyl (C=O) groups excluding carboxylic acids is 2. The lowest BCUT2D eigenvalue weighted by atomic mass is 10.0. The van der Waals surface area contributed by atoms with Crippen LogP contribution in [0.15, 0.2) is 42.7 Å². The zero-order valence-corrected chi connectivity index (χ0v) is 14.3. The summed E-state index contributed by atoms with van der Waals surface area (Å²) >= 11 is 1.66. The van der Waals surface area contributed by atoms with Gasteiger partial charge >= 0.3 is 5.97 Å². The second kappa shape index (κ2) is 7.57. The number of rotatable bonds is 5. The number of hydrogen-bond donors (Lipinski definition) is 2. The summed E-state index contributed by atoms with van der Waals surface area (Å²) in [5.41, 5.74) is 1.54. The fraction of sp³-hybridized carbons (Fsp3) is 0.278. The van der Waals surface area contributed by atoms with E-state index in [1.165, 1.54) is 0 Å². The van der Waals surface area contributed by atoms with E-state index >= 15 is 0 Å². The third-order valence-electron chi connectivity index (χ3n) is 4.15. The van der Waals surface area contributed by atoms with Crippen molar-refractivity contribution >= 4 is 29.4 Å². The highest BCUT2D eigenvalue weighted by Crippen LogP contribution is 2.22. The van der Waals surface area contributed by atoms with Crippen molar-refractivity contribution in [2.45, 2.75) is 12.5 Å². The number of amides is 1. The fourth-order valence-corrected chi connectivity index (χ4v) is 3.92. The number of nitrogens with one attached hydrogen (secondary N) is 1. The molecule has 6 nitrogen and oxygen atoms in total. The maximum atomic E-state index is 12.7. The lowest BCUT2D eigenvalue weighted by molar-refractivity contribution is -0.138. The van der Waals surface area contributed by atoms with E-state index in [4.69, 9.17) is 5.11 Å². The van der Waals surface area contributed by atoms with Crippen LogP contribution in [0.2, 0.25) is 0 Å². The van der Waals surface area contributed by atoms with Gasteiger partial charge in [0.2, 0.25) is 0 Å². The first-order chi connectivity index (χ1) is 12.1. The van der Waals surface area contributed by atoms with Gasteiger partial charge in [-0.1, -0.05) is 12.1 Å². The van der Waals surface area contributed by atoms with Crippen LogP contribution >= 0.6 is 11.8 Å². The van der Waals surface area contributed by atoms with Crippen LogP contribution in [0.4, 0.5) is 0 Å². The third kappa shape index (κ3) is 3.93. The highest BCUT2D eigenvalue weighted by Gasteiger charge is 2.29. The number of ketones is 1. The Morgan fingerprint density at radius 1 is 1.12 bits per heavy atom. The Labute approximate surface area is 149 Å². The van der Waals surface area contributed by atoms with Crippen molar-refractivity contribution in [3.05, 3.63) is 59.4 Å². The summed E-state index contributed by atoms with van der Waals surface area (Å²) in [5, 5.41) is 9.04. The average Bonchev–Trinajstić information content (AvgIpc) is 3.15. The van der Waals surface area contributed by atoms with Crippen molar-refractivity contribution in [3.8, 4) is 0 Å². The van der Waals surface area contributed by atoms with Crippen molar-refractivity contribution < 1.29 is 19.5 Å². The van der Waals surface area contributed by atoms with Crippen molar-refractivity contribution in [2.75, 3.05) is 18.1 Å². The number of carbonyl (C=O) groups is 3. The highest BCUT2D eigenvalue weighted by molar-refractivity contribution is 7.99. The van der Waals surface area contributed by atoms with Gasteiger partial charge < -0.3 is 15.0 Å². The zero-order chi connectivity index (χ0) is 17.8. The Morgan fingerprint density at radius 2 is 1.84 bits per heavy atom. The fourth-order valence-electron chi connectivity index (χ4n) is 2.85. The molecule has 25 heavy (non-hydrogen) atoms. The van der Waals surface area contributed by atoms with Crippen LogP contribution in [0.25, 0.3) is 0 Å². The molecule has 1 saturated heterocycles. The lowest BCUT2D eigenvalue weighted by Gasteiger charge is -2.34. The van der Waals surface area contributed by atoms with Gasteiger partial charge in [0, 0.05) is 47.1 Å². The van der Waals surface area contributed by atoms with Crippen LogP contribution in [-0.2, 0) is 4.79 Å². The summed E-state index contributed by atoms with van der Waals surface area (Å²) in [6.45, 7) is 0.533. The van der Waals surface area contributed by atoms with E-state index in [-0.39, 0.29) is 24.2 Å². The van der Waals surface area contributed by atoms with Crippen LogP contribution in [0.5, 0.6) is 0 Å². The number of H-pyrrole nitrogens is 1. The van der Waals surface area contributed by atoms with Crippen molar-refractivity contribution in [3.63, 3.8) is 0 Å². The van der Waals surface area contributed by atoms with Crippen LogP contribution in [0.1, 0.15) is 32.7 Å². The Balaban J connectivity index is 1.75. The molecule has 1 fully saturated rings. The molecule has 1 aliphatic heterocycles. The van der Waals surface area contributed by atoms with Crippen LogP contribution < -0.4 is 0 Å². The Hall–Kier alpha value is -2.54. The van der Waals surface area contributed by atoms with E-state index < -0.39 is 5.97 Å². The molecule has 1 unspecified atom stereocenters. The number of thioether (sulfide) groups is 1. The quantitative estimate of drug-likeness (QED) is 0.800. The molecule has 0 aliphatic carbocycles. The second-order valence-electron chi connectivity index (χ2n) is 5.83. The van der Waals surface area contributed by atoms with E-state index in [1.54, 1.807) is 59.4 Å². The van der Waals surface area contributed by atoms with E-state index in [2.05, 4.69) is 4.98 Å². The van der Waals surface area contributed by atoms with Crippen molar-refractivity contribution in [2.24, 2.45) is 0 Å². The molecule has 0 spiro atoms. The summed E-state index contributed by atoms with van der Waals surface area (Å²) in [5.74, 6) is 0.219. The van der Waals surface area contributed by atoms with Crippen LogP contribution in [0.3, 0.4) is 0 Å². The number of aromatic nitrogens is 1. The molecule has 2 N–H and O–H groups in total. The van der Waals surface area contributed by atoms with E-state index in [0.717, 1.165) is 5.75 Å². The minimum absolute atomic E-state index is 0.0528. The van der Waals surface area contributed by atoms with Gasteiger partial charge in [-0.3, -0.25) is 14.4 Å². The van der Waals surface area contributed by atoms with Gasteiger partial charge in [0.05, 0.1) is 12.5 Å². The monoisotopic (exact) mass is 358 g/mol. The number of carboxylic acids is 1. The smallest absolute Gasteiger partial charge is 0.305 e. The van der Waals surface area contributed by atoms with Crippen molar-refractivity contribution in [1.82, 2.24) is 9.88 Å². The molecule has 3 rings (SSSR count). The summed E-state index contributed by atoms with van der Waals surface area (Å²) < 4.78 is 0. The summed E-state index contributed by atoms with van der Waals surface area (Å²) in [7, 11) is 0. The number of nitrogens with zero attached hydrogens (tertiary/aromatic N) is 1. The number of carboxylic acid groups (broad SMARTS) is 1. The number of hydrogen-bond acceptors (Lipinski definition) is 4. The molecule has 1 aromatic carbocycles. The van der Waals surface area contributed by atoms with Gasteiger partial charge in [0.15, 0.2) is 5.78 Å². The third-order valence-corrected chi connectivity index (χ3v) is 5.24. The van der Waals surface area contributed by atoms with E-state index in [1.807, 2.05) is 0 Å². The molecule has 0 saturated carbocycles. The Kier molecular flexibility index (Phi) is 5.23. The van der Waals surface area contributed by atoms with Gasteiger partial charge in [-0.05, 0) is 18.2 Å². The van der Waals surface area contributed by atoms with Crippen LogP contribution in [-0.4, -0.2) is 56.7 Å². The minimum Gasteiger partial charge on any atom is -0.481 e. The normalized spacial score (nSPS) is 17.3. The van der Waals surface area contributed by atoms with Gasteiger partial charge in [0.25, 0.3) is 5.91 Å². The minimum atomic E-state index is -0.905. The molecule has 2 heterocycles. The van der Waals surface area contributed by atoms with Crippen molar-refractivity contribution in [1.29, 1.82) is 0 Å². The van der Waals surface area contributed by atoms with E-state index in [0.29, 0.717) is 29.0 Å². The standard InChI is InChI=1S/C18H18N2O4S/c21-16(22)9-15-11-25-8-7-20(15)18(24)13-3-1-12(2-4-13)17(23)14-5-6-19-10-14/h1-6,10,15,19H,7-9,11H2,(H,21,22). The Morgan fingerprint density at radius 3 is 2.48 bits per heavy atom. The highest BCUT2D eigenvalue weighted by atomic mass is 32.2. The molecule has 1 aliphatic rings. The molecule has 1 aromatic heterocycles. The van der Waals surface area contributed by atoms with Gasteiger partial charge in [-0.15, -0.1) is 0 Å². The predicted octanol–water partition coefficient (Wildman–Crippen LogP) is 2.28. The number of aromatic amines is 1. The molecule has 0 radical (unpaired) electrons. The van der Waals surface area contributed by atoms with Crippen LogP contribution in [0, 0.1) is 0 Å². The molecule has 1 atom stereocenters. The number of aliphatic carboxylic acids is 1. The molecule has 1 amide bonds. The lowest BCUT2D eigenvalue weighted by Crippen LogP contribution is -2.47. The average molecular weight is 358 g/mol. The van der Waals surface area contributed by atoms with Gasteiger partial charge in [0.1, 0.15) is 0 Å². The maximum absolute atomic E-state index is 12.7. The molecule has 0 bridgehead atoms. The first-order valence-electron chi connectivity index (χ1n) is 7.94. The molecule has 2 aromatic rings. The molecule has 130 valence electrons. The summed E-state index contributed by atoms with van der Waals surface area (Å²) in [6.07, 6.45) is 3.26. The predicted molar refractivity (Wildman–Crippen MR) is 95.1 cm³/mol. The van der Waals surface area contributed by atoms with Gasteiger partial charge in [-0.25, -0.2) is 0 Å². The SMILES string of the molecule is O=C(O)CC1CSCCN1C(=O)c1ccc(C(=O)c2cc[nH]c2)cc1. The number of benzene rings is 1. The zero-order valence-electron chi connectivity index (χ0n) is 13.5. The first kappa shape index (κ1) is 17.3. The molecular formula is C18H18N2O4S. The van der Waals surface area contributed by atoms with Gasteiger partial charge in [-0.2, -0.15) is 11.8 Å². The largest absolute Gasteiger partial charge is 0.481 e. The van der Waals surface area contributed by atoms with E-state index in [9.17, 15) is 14.4 Å². The maximum Gasteiger partial charge on any atom is 0.305 e. The molecule has 7 heteroatoms. The topological polar surface area (TPSA) is 90.5 Å². The second-order valence-corrected chi connectivity index (χ2v) is 6.98. The summed E-state index contributed by atoms with van der Waals surface area (Å²) in [6, 6.07) is 7.92.